The van der Waals surface area contributed by atoms with Gasteiger partial charge in [0, 0.05) is 42.2 Å². The second-order valence-electron chi connectivity index (χ2n) is 12.0. The number of amidine groups is 1. The third-order valence-electron chi connectivity index (χ3n) is 7.46. The maximum Gasteiger partial charge on any atom is 0.407 e. The Morgan fingerprint density at radius 2 is 1.86 bits per heavy atom. The predicted molar refractivity (Wildman–Crippen MR) is 171 cm³/mol. The summed E-state index contributed by atoms with van der Waals surface area (Å²) in [6.45, 7) is 7.52. The Hall–Kier alpha value is -4.38. The number of fused-ring (bicyclic) bond motifs is 1. The molecule has 12 heteroatoms. The van der Waals surface area contributed by atoms with Crippen LogP contribution in [0.3, 0.4) is 0 Å². The molecule has 1 aliphatic rings. The summed E-state index contributed by atoms with van der Waals surface area (Å²) in [5.74, 6) is 0.178. The van der Waals surface area contributed by atoms with Crippen LogP contribution in [0.5, 0.6) is 5.88 Å². The minimum absolute atomic E-state index is 0.0196. The molecule has 232 valence electrons. The normalized spacial score (nSPS) is 17.4. The average Bonchev–Trinajstić information content (AvgIpc) is 3.40. The maximum absolute atomic E-state index is 14.0. The van der Waals surface area contributed by atoms with Crippen molar-refractivity contribution in [3.63, 3.8) is 0 Å². The number of amides is 1. The Bertz CT molecular complexity index is 1710. The van der Waals surface area contributed by atoms with Gasteiger partial charge in [-0.05, 0) is 82.7 Å². The lowest BCUT2D eigenvalue weighted by molar-refractivity contribution is 0.0492. The number of rotatable bonds is 7. The first-order valence-electron chi connectivity index (χ1n) is 14.5. The van der Waals surface area contributed by atoms with Gasteiger partial charge in [-0.15, -0.1) is 0 Å². The fraction of sp³-hybridized carbons (Fsp3) is 0.375. The van der Waals surface area contributed by atoms with Gasteiger partial charge in [0.05, 0.1) is 40.8 Å². The van der Waals surface area contributed by atoms with E-state index in [2.05, 4.69) is 25.7 Å². The molecule has 0 spiro atoms. The van der Waals surface area contributed by atoms with Crippen LogP contribution in [0.2, 0.25) is 5.02 Å². The fourth-order valence-corrected chi connectivity index (χ4v) is 5.46. The van der Waals surface area contributed by atoms with E-state index in [0.29, 0.717) is 11.4 Å². The first-order valence-corrected chi connectivity index (χ1v) is 14.9. The number of nitrogens with one attached hydrogen (secondary N) is 2. The fourth-order valence-electron chi connectivity index (χ4n) is 5.30. The molecule has 1 fully saturated rings. The van der Waals surface area contributed by atoms with E-state index in [4.69, 9.17) is 26.8 Å². The van der Waals surface area contributed by atoms with Gasteiger partial charge in [-0.3, -0.25) is 0 Å². The lowest BCUT2D eigenvalue weighted by atomic mass is 9.91. The molecule has 0 aliphatic heterocycles. The van der Waals surface area contributed by atoms with Crippen LogP contribution in [0.25, 0.3) is 16.6 Å². The molecule has 4 N–H and O–H groups in total. The van der Waals surface area contributed by atoms with E-state index in [-0.39, 0.29) is 28.6 Å². The van der Waals surface area contributed by atoms with E-state index in [1.165, 1.54) is 18.2 Å². The quantitative estimate of drug-likeness (QED) is 0.153. The summed E-state index contributed by atoms with van der Waals surface area (Å²) in [6, 6.07) is 7.97. The van der Waals surface area contributed by atoms with Crippen LogP contribution in [-0.2, 0) is 4.74 Å². The molecule has 44 heavy (non-hydrogen) atoms. The van der Waals surface area contributed by atoms with Crippen molar-refractivity contribution >= 4 is 40.4 Å². The number of pyridine rings is 1. The molecule has 1 amide bonds. The molecule has 10 nitrogen and oxygen atoms in total. The number of nitrogens with two attached hydrogens (primary N) is 1. The smallest absolute Gasteiger partial charge is 0.407 e. The van der Waals surface area contributed by atoms with Crippen molar-refractivity contribution in [3.8, 4) is 17.0 Å². The van der Waals surface area contributed by atoms with E-state index in [9.17, 15) is 9.18 Å². The molecule has 0 saturated heterocycles. The molecule has 3 heterocycles. The van der Waals surface area contributed by atoms with Crippen LogP contribution in [0, 0.1) is 12.7 Å². The van der Waals surface area contributed by atoms with Gasteiger partial charge in [-0.25, -0.2) is 23.7 Å². The predicted octanol–water partition coefficient (Wildman–Crippen LogP) is 6.79. The number of aliphatic imine (C=N–C) groups is 1. The molecule has 0 radical (unpaired) electrons. The third kappa shape index (κ3) is 7.21. The number of aromatic nitrogens is 3. The largest absolute Gasteiger partial charge is 0.481 e. The molecular weight excluding hydrogens is 585 g/mol. The number of hydrogen-bond donors (Lipinski definition) is 3. The van der Waals surface area contributed by atoms with Gasteiger partial charge in [0.25, 0.3) is 0 Å². The Balaban J connectivity index is 1.48. The average molecular weight is 622 g/mol. The minimum atomic E-state index is -0.556. The molecule has 4 aromatic rings. The lowest BCUT2D eigenvalue weighted by Gasteiger charge is -2.31. The van der Waals surface area contributed by atoms with Crippen molar-refractivity contribution in [2.24, 2.45) is 10.7 Å². The van der Waals surface area contributed by atoms with Crippen LogP contribution in [-0.4, -0.2) is 51.3 Å². The number of carbonyl (C=O) groups is 1. The van der Waals surface area contributed by atoms with Gasteiger partial charge < -0.3 is 25.8 Å². The number of alkyl carbamates (subject to hydrolysis) is 1. The van der Waals surface area contributed by atoms with E-state index < -0.39 is 17.5 Å². The van der Waals surface area contributed by atoms with E-state index in [0.717, 1.165) is 53.6 Å². The van der Waals surface area contributed by atoms with Crippen LogP contribution in [0.4, 0.5) is 20.6 Å². The summed E-state index contributed by atoms with van der Waals surface area (Å²) in [4.78, 5) is 21.1. The number of nitrogens with zero attached hydrogens (tertiary/aromatic N) is 4. The summed E-state index contributed by atoms with van der Waals surface area (Å²) in [5.41, 5.74) is 11.1. The molecule has 1 aliphatic carbocycles. The molecule has 0 atom stereocenters. The number of ether oxygens (including phenoxy) is 2. The van der Waals surface area contributed by atoms with Crippen molar-refractivity contribution in [3.05, 3.63) is 70.9 Å². The van der Waals surface area contributed by atoms with Crippen molar-refractivity contribution in [2.75, 3.05) is 12.4 Å². The summed E-state index contributed by atoms with van der Waals surface area (Å²) in [7, 11) is 1.58. The first-order chi connectivity index (χ1) is 20.9. The minimum Gasteiger partial charge on any atom is -0.481 e. The third-order valence-corrected chi connectivity index (χ3v) is 7.78. The Labute approximate surface area is 260 Å². The van der Waals surface area contributed by atoms with Crippen molar-refractivity contribution in [2.45, 2.75) is 71.1 Å². The summed E-state index contributed by atoms with van der Waals surface area (Å²) >= 11 is 6.30. The van der Waals surface area contributed by atoms with Crippen LogP contribution >= 0.6 is 11.6 Å². The number of halogens is 2. The highest BCUT2D eigenvalue weighted by atomic mass is 35.5. The number of hydrogen-bond acceptors (Lipinski definition) is 7. The summed E-state index contributed by atoms with van der Waals surface area (Å²) in [6.07, 6.45) is 8.09. The Morgan fingerprint density at radius 3 is 2.57 bits per heavy atom. The highest BCUT2D eigenvalue weighted by Crippen LogP contribution is 2.34. The van der Waals surface area contributed by atoms with E-state index in [1.807, 2.05) is 46.0 Å². The molecule has 1 saturated carbocycles. The van der Waals surface area contributed by atoms with Gasteiger partial charge in [-0.2, -0.15) is 5.10 Å². The summed E-state index contributed by atoms with van der Waals surface area (Å²) in [5, 5.41) is 11.6. The maximum atomic E-state index is 14.0. The lowest BCUT2D eigenvalue weighted by Crippen LogP contribution is -2.42. The zero-order chi connectivity index (χ0) is 31.6. The zero-order valence-corrected chi connectivity index (χ0v) is 26.2. The SMILES string of the molecule is COc1cc(-c2cc3c(NC4CCC(NC(=O)OC(C)(C)C)CC4)c(C(N)=Nc4cc(F)ccc4Cl)cnn3c2)c(C)cn1. The standard InChI is InChI=1S/C32H37ClFN7O3/c1-18-15-36-28(43-5)14-23(18)19-12-27-29(38-21-7-9-22(10-8-21)39-31(42)44-32(2,3)4)24(16-37-41(27)17-19)30(35)40-26-13-20(34)6-11-25(26)33/h6,11-17,21-22,38H,7-10H2,1-5H3,(H2,35,40)(H,39,42). The highest BCUT2D eigenvalue weighted by Gasteiger charge is 2.26. The topological polar surface area (TPSA) is 128 Å². The number of methoxy groups -OCH3 is 1. The van der Waals surface area contributed by atoms with Crippen molar-refractivity contribution < 1.29 is 18.7 Å². The van der Waals surface area contributed by atoms with Crippen molar-refractivity contribution in [1.82, 2.24) is 19.9 Å². The molecule has 3 aromatic heterocycles. The zero-order valence-electron chi connectivity index (χ0n) is 25.4. The van der Waals surface area contributed by atoms with Gasteiger partial charge in [0.15, 0.2) is 0 Å². The van der Waals surface area contributed by atoms with Gasteiger partial charge in [0.2, 0.25) is 5.88 Å². The number of carbonyl (C=O) groups excluding carboxylic acids is 1. The van der Waals surface area contributed by atoms with Crippen LogP contribution in [0.1, 0.15) is 57.6 Å². The Morgan fingerprint density at radius 1 is 1.14 bits per heavy atom. The number of aryl methyl sites for hydroxylation is 1. The molecule has 5 rings (SSSR count). The van der Waals surface area contributed by atoms with E-state index >= 15 is 0 Å². The second-order valence-corrected chi connectivity index (χ2v) is 12.4. The number of anilines is 1. The Kier molecular flexibility index (Phi) is 8.96. The number of benzene rings is 1. The molecule has 0 bridgehead atoms. The van der Waals surface area contributed by atoms with E-state index in [1.54, 1.807) is 24.0 Å². The van der Waals surface area contributed by atoms with Crippen LogP contribution < -0.4 is 21.1 Å². The highest BCUT2D eigenvalue weighted by molar-refractivity contribution is 6.33. The molecule has 1 aromatic carbocycles. The second kappa shape index (κ2) is 12.7. The van der Waals surface area contributed by atoms with Crippen molar-refractivity contribution in [1.29, 1.82) is 0 Å². The van der Waals surface area contributed by atoms with Gasteiger partial charge >= 0.3 is 6.09 Å². The van der Waals surface area contributed by atoms with Gasteiger partial charge in [0.1, 0.15) is 17.3 Å². The monoisotopic (exact) mass is 621 g/mol. The first kappa shape index (κ1) is 31.1. The molecule has 0 unspecified atom stereocenters. The van der Waals surface area contributed by atoms with Gasteiger partial charge in [-0.1, -0.05) is 11.6 Å². The molecular formula is C32H37ClFN7O3. The summed E-state index contributed by atoms with van der Waals surface area (Å²) < 4.78 is 26.6. The van der Waals surface area contributed by atoms with Crippen LogP contribution in [0.15, 0.2) is 53.9 Å².